The molecule has 7 heteroatoms. The number of rotatable bonds is 3. The Morgan fingerprint density at radius 2 is 1.63 bits per heavy atom. The van der Waals surface area contributed by atoms with Crippen LogP contribution in [0.3, 0.4) is 0 Å². The van der Waals surface area contributed by atoms with E-state index in [-0.39, 0.29) is 18.4 Å². The fraction of sp³-hybridized carbons (Fsp3) is 0.478. The minimum Gasteiger partial charge on any atom is -0.485 e. The van der Waals surface area contributed by atoms with Gasteiger partial charge in [0.15, 0.2) is 11.5 Å². The maximum Gasteiger partial charge on any atom is 0.267 e. The first-order valence-electron chi connectivity index (χ1n) is 10.7. The van der Waals surface area contributed by atoms with E-state index in [0.29, 0.717) is 43.7 Å². The molecule has 1 saturated heterocycles. The number of ether oxygens (including phenoxy) is 2. The molecule has 158 valence electrons. The first-order valence-corrected chi connectivity index (χ1v) is 10.7. The molecule has 1 atom stereocenters. The minimum absolute atomic E-state index is 0.0632. The van der Waals surface area contributed by atoms with E-state index >= 15 is 0 Å². The first-order chi connectivity index (χ1) is 14.5. The molecular weight excluding hydrogens is 382 g/mol. The Labute approximate surface area is 176 Å². The van der Waals surface area contributed by atoms with Crippen molar-refractivity contribution in [2.75, 3.05) is 32.8 Å². The van der Waals surface area contributed by atoms with Gasteiger partial charge >= 0.3 is 0 Å². The van der Waals surface area contributed by atoms with Crippen molar-refractivity contribution in [3.05, 3.63) is 47.3 Å². The lowest BCUT2D eigenvalue weighted by molar-refractivity contribution is -0.142. The molecule has 1 aromatic heterocycles. The van der Waals surface area contributed by atoms with Gasteiger partial charge in [-0.15, -0.1) is 0 Å². The highest BCUT2D eigenvalue weighted by Crippen LogP contribution is 2.38. The topological polar surface area (TPSA) is 64.0 Å². The first kappa shape index (κ1) is 19.0. The molecule has 2 aromatic rings. The van der Waals surface area contributed by atoms with Crippen LogP contribution in [0.1, 0.15) is 40.6 Å². The number of amides is 2. The maximum atomic E-state index is 13.1. The second-order valence-corrected chi connectivity index (χ2v) is 8.37. The summed E-state index contributed by atoms with van der Waals surface area (Å²) in [5.41, 5.74) is 3.01. The standard InChI is InChI=1S/C23H27N3O4/c1-15-13-18(16(2)26(15)17-7-8-17)22(27)24-9-11-25(12-10-24)23(28)21-14-29-19-5-3-4-6-20(19)30-21/h3-6,13,17,21H,7-12,14H2,1-2H3/t21-/m0/s1. The second-order valence-electron chi connectivity index (χ2n) is 8.37. The number of para-hydroxylation sites is 2. The third-order valence-corrected chi connectivity index (χ3v) is 6.29. The SMILES string of the molecule is Cc1cc(C(=O)N2CCN(C(=O)[C@@H]3COc4ccccc4O3)CC2)c(C)n1C1CC1. The Bertz CT molecular complexity index is 986. The van der Waals surface area contributed by atoms with Crippen molar-refractivity contribution in [3.63, 3.8) is 0 Å². The average Bonchev–Trinajstić information content (AvgIpc) is 3.56. The summed E-state index contributed by atoms with van der Waals surface area (Å²) in [6.07, 6.45) is 1.75. The molecule has 0 bridgehead atoms. The Kier molecular flexibility index (Phi) is 4.68. The molecular formula is C23H27N3O4. The number of hydrogen-bond acceptors (Lipinski definition) is 4. The summed E-state index contributed by atoms with van der Waals surface area (Å²) in [5, 5.41) is 0. The van der Waals surface area contributed by atoms with Gasteiger partial charge in [-0.25, -0.2) is 0 Å². The summed E-state index contributed by atoms with van der Waals surface area (Å²) < 4.78 is 13.8. The van der Waals surface area contributed by atoms with Crippen molar-refractivity contribution >= 4 is 11.8 Å². The van der Waals surface area contributed by atoms with Crippen LogP contribution in [0.5, 0.6) is 11.5 Å². The zero-order valence-corrected chi connectivity index (χ0v) is 17.5. The van der Waals surface area contributed by atoms with E-state index in [9.17, 15) is 9.59 Å². The molecule has 7 nitrogen and oxygen atoms in total. The molecule has 0 radical (unpaired) electrons. The third-order valence-electron chi connectivity index (χ3n) is 6.29. The van der Waals surface area contributed by atoms with Crippen LogP contribution in [0.15, 0.2) is 30.3 Å². The average molecular weight is 409 g/mol. The number of hydrogen-bond donors (Lipinski definition) is 0. The third kappa shape index (κ3) is 3.32. The fourth-order valence-electron chi connectivity index (χ4n) is 4.53. The zero-order chi connectivity index (χ0) is 20.8. The van der Waals surface area contributed by atoms with Crippen LogP contribution in [0.25, 0.3) is 0 Å². The number of carbonyl (C=O) groups excluding carboxylic acids is 2. The summed E-state index contributed by atoms with van der Waals surface area (Å²) in [5.74, 6) is 1.25. The molecule has 3 heterocycles. The Balaban J connectivity index is 1.21. The lowest BCUT2D eigenvalue weighted by atomic mass is 10.2. The van der Waals surface area contributed by atoms with Crippen LogP contribution >= 0.6 is 0 Å². The van der Waals surface area contributed by atoms with Gasteiger partial charge in [0.2, 0.25) is 6.10 Å². The summed E-state index contributed by atoms with van der Waals surface area (Å²) >= 11 is 0. The van der Waals surface area contributed by atoms with Crippen molar-refractivity contribution in [2.24, 2.45) is 0 Å². The van der Waals surface area contributed by atoms with Gasteiger partial charge in [-0.05, 0) is 44.9 Å². The van der Waals surface area contributed by atoms with Crippen molar-refractivity contribution in [1.29, 1.82) is 0 Å². The number of fused-ring (bicyclic) bond motifs is 1. The lowest BCUT2D eigenvalue weighted by Gasteiger charge is -2.37. The molecule has 1 aliphatic carbocycles. The van der Waals surface area contributed by atoms with E-state index in [0.717, 1.165) is 17.0 Å². The molecule has 0 N–H and O–H groups in total. The summed E-state index contributed by atoms with van der Waals surface area (Å²) in [6.45, 7) is 6.40. The van der Waals surface area contributed by atoms with Gasteiger partial charge in [0, 0.05) is 43.6 Å². The number of nitrogens with zero attached hydrogens (tertiary/aromatic N) is 3. The highest BCUT2D eigenvalue weighted by molar-refractivity contribution is 5.96. The van der Waals surface area contributed by atoms with Gasteiger partial charge in [-0.3, -0.25) is 9.59 Å². The molecule has 2 aliphatic heterocycles. The van der Waals surface area contributed by atoms with Crippen molar-refractivity contribution in [3.8, 4) is 11.5 Å². The van der Waals surface area contributed by atoms with Crippen LogP contribution in [0.4, 0.5) is 0 Å². The summed E-state index contributed by atoms with van der Waals surface area (Å²) in [4.78, 5) is 29.7. The summed E-state index contributed by atoms with van der Waals surface area (Å²) in [7, 11) is 0. The second kappa shape index (κ2) is 7.38. The molecule has 30 heavy (non-hydrogen) atoms. The molecule has 1 aromatic carbocycles. The van der Waals surface area contributed by atoms with Crippen LogP contribution in [0, 0.1) is 13.8 Å². The van der Waals surface area contributed by atoms with Gasteiger partial charge in [0.05, 0.1) is 5.56 Å². The quantitative estimate of drug-likeness (QED) is 0.782. The zero-order valence-electron chi connectivity index (χ0n) is 17.5. The molecule has 2 amide bonds. The molecule has 3 aliphatic rings. The van der Waals surface area contributed by atoms with Crippen molar-refractivity contribution in [1.82, 2.24) is 14.4 Å². The van der Waals surface area contributed by atoms with Crippen molar-refractivity contribution in [2.45, 2.75) is 38.8 Å². The van der Waals surface area contributed by atoms with E-state index in [1.165, 1.54) is 12.8 Å². The largest absolute Gasteiger partial charge is 0.485 e. The maximum absolute atomic E-state index is 13.1. The van der Waals surface area contributed by atoms with Crippen LogP contribution in [-0.4, -0.2) is 65.1 Å². The van der Waals surface area contributed by atoms with E-state index in [1.54, 1.807) is 4.90 Å². The van der Waals surface area contributed by atoms with Crippen molar-refractivity contribution < 1.29 is 19.1 Å². The molecule has 2 fully saturated rings. The predicted octanol–water partition coefficient (Wildman–Crippen LogP) is 2.56. The molecule has 1 saturated carbocycles. The van der Waals surface area contributed by atoms with Gasteiger partial charge < -0.3 is 23.8 Å². The number of aryl methyl sites for hydroxylation is 1. The van der Waals surface area contributed by atoms with E-state index in [4.69, 9.17) is 9.47 Å². The van der Waals surface area contributed by atoms with Gasteiger partial charge in [0.1, 0.15) is 6.61 Å². The van der Waals surface area contributed by atoms with E-state index < -0.39 is 6.10 Å². The summed E-state index contributed by atoms with van der Waals surface area (Å²) in [6, 6.07) is 9.95. The number of benzene rings is 1. The van der Waals surface area contributed by atoms with Crippen LogP contribution < -0.4 is 9.47 Å². The van der Waals surface area contributed by atoms with E-state index in [1.807, 2.05) is 42.2 Å². The molecule has 5 rings (SSSR count). The normalized spacial score (nSPS) is 20.9. The highest BCUT2D eigenvalue weighted by Gasteiger charge is 2.35. The van der Waals surface area contributed by atoms with Crippen LogP contribution in [0.2, 0.25) is 0 Å². The fourth-order valence-corrected chi connectivity index (χ4v) is 4.53. The van der Waals surface area contributed by atoms with Gasteiger partial charge in [-0.2, -0.15) is 0 Å². The smallest absolute Gasteiger partial charge is 0.267 e. The van der Waals surface area contributed by atoms with Crippen LogP contribution in [-0.2, 0) is 4.79 Å². The Morgan fingerprint density at radius 3 is 2.33 bits per heavy atom. The number of aromatic nitrogens is 1. The van der Waals surface area contributed by atoms with Gasteiger partial charge in [0.25, 0.3) is 11.8 Å². The molecule has 0 spiro atoms. The number of carbonyl (C=O) groups is 2. The Hall–Kier alpha value is -2.96. The lowest BCUT2D eigenvalue weighted by Crippen LogP contribution is -2.55. The minimum atomic E-state index is -0.639. The van der Waals surface area contributed by atoms with E-state index in [2.05, 4.69) is 11.5 Å². The highest BCUT2D eigenvalue weighted by atomic mass is 16.6. The molecule has 0 unspecified atom stereocenters. The predicted molar refractivity (Wildman–Crippen MR) is 111 cm³/mol. The van der Waals surface area contributed by atoms with Gasteiger partial charge in [-0.1, -0.05) is 12.1 Å². The Morgan fingerprint density at radius 1 is 0.967 bits per heavy atom. The monoisotopic (exact) mass is 409 g/mol. The number of piperazine rings is 1.